The highest BCUT2D eigenvalue weighted by Crippen LogP contribution is 2.19. The molecular formula is C16H23ClN2O2. The molecule has 1 amide bonds. The molecule has 1 aromatic rings. The molecule has 1 aliphatic rings. The van der Waals surface area contributed by atoms with Gasteiger partial charge in [0, 0.05) is 11.6 Å². The van der Waals surface area contributed by atoms with Crippen LogP contribution in [0.25, 0.3) is 0 Å². The van der Waals surface area contributed by atoms with E-state index < -0.39 is 0 Å². The second-order valence-corrected chi connectivity index (χ2v) is 6.05. The fourth-order valence-electron chi connectivity index (χ4n) is 2.73. The summed E-state index contributed by atoms with van der Waals surface area (Å²) in [6.07, 6.45) is 2.31. The molecule has 0 spiro atoms. The van der Waals surface area contributed by atoms with E-state index in [0.29, 0.717) is 18.1 Å². The van der Waals surface area contributed by atoms with Crippen LogP contribution in [0.2, 0.25) is 5.02 Å². The summed E-state index contributed by atoms with van der Waals surface area (Å²) in [6.45, 7) is 3.86. The molecule has 4 nitrogen and oxygen atoms in total. The number of carbonyl (C=O) groups is 1. The number of β-amino-alcohol motifs (C(OH)–C–C–N with tert-alkyl or cyclic N) is 1. The number of amides is 1. The Morgan fingerprint density at radius 2 is 2.19 bits per heavy atom. The Balaban J connectivity index is 1.89. The summed E-state index contributed by atoms with van der Waals surface area (Å²) in [6, 6.07) is 7.58. The van der Waals surface area contributed by atoms with Crippen LogP contribution in [0.4, 0.5) is 0 Å². The molecular weight excluding hydrogens is 288 g/mol. The van der Waals surface area contributed by atoms with Crippen LogP contribution in [0.5, 0.6) is 0 Å². The van der Waals surface area contributed by atoms with E-state index >= 15 is 0 Å². The van der Waals surface area contributed by atoms with Crippen molar-refractivity contribution in [3.63, 3.8) is 0 Å². The van der Waals surface area contributed by atoms with E-state index in [0.717, 1.165) is 31.4 Å². The molecule has 0 aliphatic carbocycles. The number of rotatable bonds is 5. The highest BCUT2D eigenvalue weighted by molar-refractivity contribution is 6.30. The fraction of sp³-hybridized carbons (Fsp3) is 0.562. The van der Waals surface area contributed by atoms with Crippen LogP contribution in [0, 0.1) is 0 Å². The predicted molar refractivity (Wildman–Crippen MR) is 84.3 cm³/mol. The minimum absolute atomic E-state index is 0.00415. The lowest BCUT2D eigenvalue weighted by Crippen LogP contribution is -2.44. The summed E-state index contributed by atoms with van der Waals surface area (Å²) in [5, 5.41) is 13.4. The predicted octanol–water partition coefficient (Wildman–Crippen LogP) is 2.36. The van der Waals surface area contributed by atoms with Crippen LogP contribution < -0.4 is 5.32 Å². The first-order valence-corrected chi connectivity index (χ1v) is 7.91. The third-order valence-corrected chi connectivity index (χ3v) is 4.12. The highest BCUT2D eigenvalue weighted by Gasteiger charge is 2.21. The number of aliphatic hydroxyl groups is 1. The van der Waals surface area contributed by atoms with Gasteiger partial charge in [0.05, 0.1) is 18.7 Å². The molecule has 5 heteroatoms. The molecule has 0 bridgehead atoms. The standard InChI is InChI=1S/C16H23ClN2O2/c1-2-15(12-5-7-13(17)8-6-12)18-16(21)11-19-9-3-4-14(20)10-19/h5-8,14-15,20H,2-4,9-11H2,1H3,(H,18,21). The smallest absolute Gasteiger partial charge is 0.234 e. The zero-order chi connectivity index (χ0) is 15.2. The third-order valence-electron chi connectivity index (χ3n) is 3.86. The van der Waals surface area contributed by atoms with E-state index in [2.05, 4.69) is 5.32 Å². The van der Waals surface area contributed by atoms with Crippen LogP contribution in [-0.4, -0.2) is 41.7 Å². The molecule has 2 atom stereocenters. The van der Waals surface area contributed by atoms with Crippen LogP contribution >= 0.6 is 11.6 Å². The van der Waals surface area contributed by atoms with Gasteiger partial charge in [0.1, 0.15) is 0 Å². The van der Waals surface area contributed by atoms with Gasteiger partial charge in [-0.05, 0) is 43.5 Å². The Bertz CT molecular complexity index is 464. The quantitative estimate of drug-likeness (QED) is 0.878. The monoisotopic (exact) mass is 310 g/mol. The lowest BCUT2D eigenvalue weighted by atomic mass is 10.0. The first-order chi connectivity index (χ1) is 10.1. The van der Waals surface area contributed by atoms with E-state index in [-0.39, 0.29) is 18.1 Å². The SMILES string of the molecule is CCC(NC(=O)CN1CCCC(O)C1)c1ccc(Cl)cc1. The highest BCUT2D eigenvalue weighted by atomic mass is 35.5. The van der Waals surface area contributed by atoms with Gasteiger partial charge in [0.25, 0.3) is 0 Å². The van der Waals surface area contributed by atoms with Crippen molar-refractivity contribution < 1.29 is 9.90 Å². The number of piperidine rings is 1. The number of benzene rings is 1. The van der Waals surface area contributed by atoms with E-state index in [1.165, 1.54) is 0 Å². The van der Waals surface area contributed by atoms with Crippen molar-refractivity contribution in [3.05, 3.63) is 34.9 Å². The van der Waals surface area contributed by atoms with Crippen molar-refractivity contribution in [1.82, 2.24) is 10.2 Å². The summed E-state index contributed by atoms with van der Waals surface area (Å²) >= 11 is 5.89. The Hall–Kier alpha value is -1.10. The summed E-state index contributed by atoms with van der Waals surface area (Å²) in [5.41, 5.74) is 1.06. The number of nitrogens with one attached hydrogen (secondary N) is 1. The second-order valence-electron chi connectivity index (χ2n) is 5.61. The molecule has 0 aromatic heterocycles. The maximum atomic E-state index is 12.2. The molecule has 1 fully saturated rings. The van der Waals surface area contributed by atoms with Crippen molar-refractivity contribution in [2.24, 2.45) is 0 Å². The second kappa shape index (κ2) is 7.78. The Morgan fingerprint density at radius 3 is 2.81 bits per heavy atom. The van der Waals surface area contributed by atoms with Gasteiger partial charge in [0.2, 0.25) is 5.91 Å². The minimum atomic E-state index is -0.301. The van der Waals surface area contributed by atoms with Crippen LogP contribution in [0.3, 0.4) is 0 Å². The molecule has 116 valence electrons. The average molecular weight is 311 g/mol. The number of aliphatic hydroxyl groups excluding tert-OH is 1. The normalized spacial score (nSPS) is 21.0. The number of halogens is 1. The number of hydrogen-bond donors (Lipinski definition) is 2. The van der Waals surface area contributed by atoms with E-state index in [1.807, 2.05) is 36.1 Å². The van der Waals surface area contributed by atoms with Crippen LogP contribution in [-0.2, 0) is 4.79 Å². The van der Waals surface area contributed by atoms with Crippen LogP contribution in [0.15, 0.2) is 24.3 Å². The van der Waals surface area contributed by atoms with E-state index in [1.54, 1.807) is 0 Å². The zero-order valence-corrected chi connectivity index (χ0v) is 13.1. The van der Waals surface area contributed by atoms with Gasteiger partial charge < -0.3 is 10.4 Å². The summed E-state index contributed by atoms with van der Waals surface area (Å²) < 4.78 is 0. The Kier molecular flexibility index (Phi) is 6.03. The molecule has 1 aliphatic heterocycles. The average Bonchev–Trinajstić information content (AvgIpc) is 2.46. The fourth-order valence-corrected chi connectivity index (χ4v) is 2.86. The molecule has 2 rings (SSSR count). The van der Waals surface area contributed by atoms with Gasteiger partial charge in [-0.25, -0.2) is 0 Å². The van der Waals surface area contributed by atoms with E-state index in [9.17, 15) is 9.90 Å². The van der Waals surface area contributed by atoms with Gasteiger partial charge in [-0.15, -0.1) is 0 Å². The van der Waals surface area contributed by atoms with Gasteiger partial charge in [-0.1, -0.05) is 30.7 Å². The number of hydrogen-bond acceptors (Lipinski definition) is 3. The third kappa shape index (κ3) is 4.99. The number of nitrogens with zero attached hydrogens (tertiary/aromatic N) is 1. The van der Waals surface area contributed by atoms with Gasteiger partial charge >= 0.3 is 0 Å². The maximum Gasteiger partial charge on any atom is 0.234 e. The molecule has 1 aromatic carbocycles. The Morgan fingerprint density at radius 1 is 1.48 bits per heavy atom. The zero-order valence-electron chi connectivity index (χ0n) is 12.4. The maximum absolute atomic E-state index is 12.2. The van der Waals surface area contributed by atoms with Crippen molar-refractivity contribution in [3.8, 4) is 0 Å². The number of likely N-dealkylation sites (tertiary alicyclic amines) is 1. The van der Waals surface area contributed by atoms with Crippen molar-refractivity contribution >= 4 is 17.5 Å². The largest absolute Gasteiger partial charge is 0.392 e. The minimum Gasteiger partial charge on any atom is -0.392 e. The summed E-state index contributed by atoms with van der Waals surface area (Å²) in [7, 11) is 0. The lowest BCUT2D eigenvalue weighted by molar-refractivity contribution is -0.123. The van der Waals surface area contributed by atoms with Crippen molar-refractivity contribution in [2.75, 3.05) is 19.6 Å². The molecule has 21 heavy (non-hydrogen) atoms. The van der Waals surface area contributed by atoms with Crippen LogP contribution in [0.1, 0.15) is 37.8 Å². The number of carbonyl (C=O) groups excluding carboxylic acids is 1. The van der Waals surface area contributed by atoms with Gasteiger partial charge in [-0.3, -0.25) is 9.69 Å². The van der Waals surface area contributed by atoms with Gasteiger partial charge in [0.15, 0.2) is 0 Å². The molecule has 0 radical (unpaired) electrons. The summed E-state index contributed by atoms with van der Waals surface area (Å²) in [4.78, 5) is 14.2. The van der Waals surface area contributed by atoms with Crippen molar-refractivity contribution in [1.29, 1.82) is 0 Å². The molecule has 0 saturated carbocycles. The summed E-state index contributed by atoms with van der Waals surface area (Å²) in [5.74, 6) is 0.00546. The molecule has 1 heterocycles. The molecule has 1 saturated heterocycles. The molecule has 2 unspecified atom stereocenters. The first-order valence-electron chi connectivity index (χ1n) is 7.53. The topological polar surface area (TPSA) is 52.6 Å². The van der Waals surface area contributed by atoms with E-state index in [4.69, 9.17) is 11.6 Å². The first kappa shape index (κ1) is 16.3. The van der Waals surface area contributed by atoms with Crippen molar-refractivity contribution in [2.45, 2.75) is 38.3 Å². The lowest BCUT2D eigenvalue weighted by Gasteiger charge is -2.30. The molecule has 2 N–H and O–H groups in total. The Labute approximate surface area is 131 Å². The van der Waals surface area contributed by atoms with Gasteiger partial charge in [-0.2, -0.15) is 0 Å².